The zero-order valence-corrected chi connectivity index (χ0v) is 13.8. The van der Waals surface area contributed by atoms with Crippen LogP contribution in [0.4, 0.5) is 16.4 Å². The highest BCUT2D eigenvalue weighted by Crippen LogP contribution is 2.28. The molecule has 2 N–H and O–H groups in total. The molecule has 0 aliphatic heterocycles. The fraction of sp³-hybridized carbons (Fsp3) is 0.200. The molecule has 1 amide bonds. The number of pyridine rings is 1. The average Bonchev–Trinajstić information content (AvgIpc) is 3.05. The fourth-order valence-corrected chi connectivity index (χ4v) is 2.93. The highest BCUT2D eigenvalue weighted by Gasteiger charge is 2.18. The standard InChI is InChI=1S/C15H16N6OS/c1-9-6-11(4-5-16-9)19-14(22)13-15(23-10(2)18-13)20-12-7-17-21(3)8-12/h4-8,20H,1-3H3,(H,16,19,22). The molecule has 0 unspecified atom stereocenters. The van der Waals surface area contributed by atoms with Crippen LogP contribution in [-0.2, 0) is 7.05 Å². The maximum atomic E-state index is 12.5. The minimum atomic E-state index is -0.258. The van der Waals surface area contributed by atoms with Crippen LogP contribution in [0.5, 0.6) is 0 Å². The van der Waals surface area contributed by atoms with E-state index in [0.29, 0.717) is 16.4 Å². The second kappa shape index (κ2) is 6.17. The molecule has 0 saturated heterocycles. The normalized spacial score (nSPS) is 10.6. The van der Waals surface area contributed by atoms with Crippen molar-refractivity contribution in [1.82, 2.24) is 19.7 Å². The number of nitrogens with one attached hydrogen (secondary N) is 2. The summed E-state index contributed by atoms with van der Waals surface area (Å²) in [5.74, 6) is -0.258. The van der Waals surface area contributed by atoms with Gasteiger partial charge < -0.3 is 10.6 Å². The monoisotopic (exact) mass is 328 g/mol. The minimum absolute atomic E-state index is 0.258. The van der Waals surface area contributed by atoms with Crippen LogP contribution in [0.2, 0.25) is 0 Å². The van der Waals surface area contributed by atoms with E-state index < -0.39 is 0 Å². The number of rotatable bonds is 4. The quantitative estimate of drug-likeness (QED) is 0.769. The number of carbonyl (C=O) groups is 1. The summed E-state index contributed by atoms with van der Waals surface area (Å²) in [7, 11) is 1.84. The minimum Gasteiger partial charge on any atom is -0.343 e. The number of carbonyl (C=O) groups excluding carboxylic acids is 1. The van der Waals surface area contributed by atoms with Crippen molar-refractivity contribution >= 4 is 33.6 Å². The smallest absolute Gasteiger partial charge is 0.277 e. The molecule has 0 aliphatic rings. The van der Waals surface area contributed by atoms with E-state index in [4.69, 9.17) is 0 Å². The van der Waals surface area contributed by atoms with Crippen molar-refractivity contribution in [2.24, 2.45) is 7.05 Å². The summed E-state index contributed by atoms with van der Waals surface area (Å²) < 4.78 is 1.69. The molecule has 3 heterocycles. The van der Waals surface area contributed by atoms with E-state index in [1.807, 2.05) is 33.2 Å². The second-order valence-electron chi connectivity index (χ2n) is 5.08. The summed E-state index contributed by atoms with van der Waals surface area (Å²) in [5.41, 5.74) is 2.71. The third-order valence-corrected chi connectivity index (χ3v) is 3.95. The summed E-state index contributed by atoms with van der Waals surface area (Å²) in [6, 6.07) is 3.56. The van der Waals surface area contributed by atoms with Gasteiger partial charge in [0.1, 0.15) is 5.00 Å². The molecule has 3 rings (SSSR count). The largest absolute Gasteiger partial charge is 0.343 e. The Morgan fingerprint density at radius 2 is 2.13 bits per heavy atom. The van der Waals surface area contributed by atoms with E-state index in [1.54, 1.807) is 23.1 Å². The number of hydrogen-bond donors (Lipinski definition) is 2. The van der Waals surface area contributed by atoms with Crippen molar-refractivity contribution < 1.29 is 4.79 Å². The molecular formula is C15H16N6OS. The maximum Gasteiger partial charge on any atom is 0.277 e. The second-order valence-corrected chi connectivity index (χ2v) is 6.28. The highest BCUT2D eigenvalue weighted by atomic mass is 32.1. The van der Waals surface area contributed by atoms with Crippen LogP contribution in [0.25, 0.3) is 0 Å². The topological polar surface area (TPSA) is 84.7 Å². The molecule has 7 nitrogen and oxygen atoms in total. The van der Waals surface area contributed by atoms with Crippen molar-refractivity contribution in [2.75, 3.05) is 10.6 Å². The Kier molecular flexibility index (Phi) is 4.07. The van der Waals surface area contributed by atoms with Crippen molar-refractivity contribution in [2.45, 2.75) is 13.8 Å². The first kappa shape index (κ1) is 15.2. The molecule has 0 aromatic carbocycles. The summed E-state index contributed by atoms with van der Waals surface area (Å²) in [5, 5.41) is 11.6. The van der Waals surface area contributed by atoms with Crippen LogP contribution in [0.3, 0.4) is 0 Å². The van der Waals surface area contributed by atoms with E-state index in [1.165, 1.54) is 11.3 Å². The third kappa shape index (κ3) is 3.54. The van der Waals surface area contributed by atoms with Gasteiger partial charge in [0.15, 0.2) is 5.69 Å². The Morgan fingerprint density at radius 1 is 1.30 bits per heavy atom. The first-order chi connectivity index (χ1) is 11.0. The van der Waals surface area contributed by atoms with Crippen LogP contribution >= 0.6 is 11.3 Å². The zero-order valence-electron chi connectivity index (χ0n) is 13.0. The molecule has 0 saturated carbocycles. The van der Waals surface area contributed by atoms with Gasteiger partial charge in [-0.1, -0.05) is 0 Å². The molecule has 118 valence electrons. The molecule has 3 aromatic rings. The Labute approximate surface area is 137 Å². The molecule has 0 atom stereocenters. The van der Waals surface area contributed by atoms with Crippen molar-refractivity contribution in [3.8, 4) is 0 Å². The predicted molar refractivity (Wildman–Crippen MR) is 90.3 cm³/mol. The van der Waals surface area contributed by atoms with Crippen LogP contribution in [0.1, 0.15) is 21.2 Å². The van der Waals surface area contributed by atoms with Gasteiger partial charge in [-0.2, -0.15) is 5.10 Å². The Balaban J connectivity index is 1.83. The third-order valence-electron chi connectivity index (χ3n) is 3.07. The van der Waals surface area contributed by atoms with Gasteiger partial charge in [0.05, 0.1) is 16.9 Å². The molecule has 3 aromatic heterocycles. The summed E-state index contributed by atoms with van der Waals surface area (Å²) in [4.78, 5) is 21.0. The Bertz CT molecular complexity index is 853. The van der Waals surface area contributed by atoms with E-state index in [2.05, 4.69) is 25.7 Å². The van der Waals surface area contributed by atoms with Crippen molar-refractivity contribution in [1.29, 1.82) is 0 Å². The Morgan fingerprint density at radius 3 is 2.83 bits per heavy atom. The van der Waals surface area contributed by atoms with Crippen molar-refractivity contribution in [3.05, 3.63) is 47.1 Å². The van der Waals surface area contributed by atoms with Gasteiger partial charge >= 0.3 is 0 Å². The van der Waals surface area contributed by atoms with E-state index in [0.717, 1.165) is 16.4 Å². The molecule has 0 radical (unpaired) electrons. The lowest BCUT2D eigenvalue weighted by Crippen LogP contribution is -2.14. The average molecular weight is 328 g/mol. The molecule has 0 aliphatic carbocycles. The highest BCUT2D eigenvalue weighted by molar-refractivity contribution is 7.16. The molecule has 0 spiro atoms. The lowest BCUT2D eigenvalue weighted by molar-refractivity contribution is 0.102. The van der Waals surface area contributed by atoms with Gasteiger partial charge in [0.2, 0.25) is 0 Å². The van der Waals surface area contributed by atoms with Crippen LogP contribution < -0.4 is 10.6 Å². The number of aromatic nitrogens is 4. The van der Waals surface area contributed by atoms with Gasteiger partial charge in [-0.15, -0.1) is 11.3 Å². The summed E-state index contributed by atoms with van der Waals surface area (Å²) >= 11 is 1.43. The first-order valence-corrected chi connectivity index (χ1v) is 7.80. The maximum absolute atomic E-state index is 12.5. The molecule has 8 heteroatoms. The number of anilines is 3. The first-order valence-electron chi connectivity index (χ1n) is 6.98. The lowest BCUT2D eigenvalue weighted by atomic mass is 10.3. The predicted octanol–water partition coefficient (Wildman–Crippen LogP) is 2.88. The number of aryl methyl sites for hydroxylation is 3. The Hall–Kier alpha value is -2.74. The van der Waals surface area contributed by atoms with Gasteiger partial charge in [-0.25, -0.2) is 4.98 Å². The van der Waals surface area contributed by atoms with Gasteiger partial charge in [0.25, 0.3) is 5.91 Å². The number of nitrogens with zero attached hydrogens (tertiary/aromatic N) is 4. The van der Waals surface area contributed by atoms with Crippen LogP contribution in [-0.4, -0.2) is 25.7 Å². The SMILES string of the molecule is Cc1cc(NC(=O)c2nc(C)sc2Nc2cnn(C)c2)ccn1. The van der Waals surface area contributed by atoms with Gasteiger partial charge in [-0.05, 0) is 26.0 Å². The van der Waals surface area contributed by atoms with E-state index >= 15 is 0 Å². The molecular weight excluding hydrogens is 312 g/mol. The van der Waals surface area contributed by atoms with E-state index in [9.17, 15) is 4.79 Å². The molecule has 0 fully saturated rings. The fourth-order valence-electron chi connectivity index (χ4n) is 2.10. The summed E-state index contributed by atoms with van der Waals surface area (Å²) in [6.07, 6.45) is 5.19. The molecule has 0 bridgehead atoms. The van der Waals surface area contributed by atoms with Gasteiger partial charge in [0, 0.05) is 30.8 Å². The van der Waals surface area contributed by atoms with E-state index in [-0.39, 0.29) is 5.91 Å². The van der Waals surface area contributed by atoms with Crippen molar-refractivity contribution in [3.63, 3.8) is 0 Å². The number of thiazole rings is 1. The zero-order chi connectivity index (χ0) is 16.4. The van der Waals surface area contributed by atoms with Gasteiger partial charge in [-0.3, -0.25) is 14.5 Å². The number of hydrogen-bond acceptors (Lipinski definition) is 6. The summed E-state index contributed by atoms with van der Waals surface area (Å²) in [6.45, 7) is 3.74. The van der Waals surface area contributed by atoms with Crippen LogP contribution in [0, 0.1) is 13.8 Å². The number of amides is 1. The lowest BCUT2D eigenvalue weighted by Gasteiger charge is -2.06. The van der Waals surface area contributed by atoms with Crippen LogP contribution in [0.15, 0.2) is 30.7 Å². The molecule has 23 heavy (non-hydrogen) atoms.